The Morgan fingerprint density at radius 2 is 2.10 bits per heavy atom. The van der Waals surface area contributed by atoms with Gasteiger partial charge in [0.15, 0.2) is 11.5 Å². The molecule has 0 fully saturated rings. The Morgan fingerprint density at radius 1 is 1.35 bits per heavy atom. The lowest BCUT2D eigenvalue weighted by Crippen LogP contribution is -2.05. The lowest BCUT2D eigenvalue weighted by atomic mass is 10.1. The van der Waals surface area contributed by atoms with E-state index in [1.807, 2.05) is 18.2 Å². The summed E-state index contributed by atoms with van der Waals surface area (Å²) < 4.78 is 6.45. The average Bonchev–Trinajstić information content (AvgIpc) is 2.36. The zero-order chi connectivity index (χ0) is 14.7. The molecule has 0 spiro atoms. The normalized spacial score (nSPS) is 10.3. The van der Waals surface area contributed by atoms with E-state index in [0.29, 0.717) is 28.6 Å². The zero-order valence-corrected chi connectivity index (χ0v) is 13.2. The van der Waals surface area contributed by atoms with E-state index >= 15 is 0 Å². The minimum Gasteiger partial charge on any atom is -0.486 e. The highest BCUT2D eigenvalue weighted by Gasteiger charge is 2.13. The molecule has 3 nitrogen and oxygen atoms in total. The Bertz CT molecular complexity index is 658. The van der Waals surface area contributed by atoms with Crippen LogP contribution in [-0.2, 0) is 6.61 Å². The predicted octanol–water partition coefficient (Wildman–Crippen LogP) is 4.47. The minimum absolute atomic E-state index is 0.0981. The molecule has 2 N–H and O–H groups in total. The van der Waals surface area contributed by atoms with Crippen LogP contribution in [0.15, 0.2) is 40.9 Å². The molecule has 2 aromatic carbocycles. The molecule has 0 bridgehead atoms. The van der Waals surface area contributed by atoms with Crippen molar-refractivity contribution in [1.29, 1.82) is 0 Å². The van der Waals surface area contributed by atoms with Gasteiger partial charge in [0.1, 0.15) is 6.61 Å². The molecule has 0 saturated carbocycles. The quantitative estimate of drug-likeness (QED) is 0.651. The Balaban J connectivity index is 2.27. The van der Waals surface area contributed by atoms with Crippen LogP contribution >= 0.6 is 27.5 Å². The Kier molecular flexibility index (Phi) is 4.68. The van der Waals surface area contributed by atoms with Crippen LogP contribution in [0.5, 0.6) is 5.75 Å². The second-order valence-electron chi connectivity index (χ2n) is 4.35. The van der Waals surface area contributed by atoms with Gasteiger partial charge in [0, 0.05) is 9.50 Å². The van der Waals surface area contributed by atoms with E-state index in [0.717, 1.165) is 10.0 Å². The SMILES string of the molecule is CC(=O)c1cc(Br)cc(N)c1OCc1cccc(Cl)c1. The van der Waals surface area contributed by atoms with E-state index in [9.17, 15) is 4.79 Å². The van der Waals surface area contributed by atoms with Crippen LogP contribution in [0.1, 0.15) is 22.8 Å². The molecular weight excluding hydrogens is 342 g/mol. The fourth-order valence-electron chi connectivity index (χ4n) is 1.82. The summed E-state index contributed by atoms with van der Waals surface area (Å²) in [4.78, 5) is 11.7. The van der Waals surface area contributed by atoms with Crippen molar-refractivity contribution in [2.45, 2.75) is 13.5 Å². The van der Waals surface area contributed by atoms with Gasteiger partial charge in [-0.15, -0.1) is 0 Å². The van der Waals surface area contributed by atoms with Crippen molar-refractivity contribution in [3.05, 3.63) is 57.0 Å². The average molecular weight is 355 g/mol. The number of ketones is 1. The molecule has 0 aliphatic heterocycles. The molecule has 0 heterocycles. The molecule has 0 amide bonds. The maximum atomic E-state index is 11.7. The number of carbonyl (C=O) groups excluding carboxylic acids is 1. The van der Waals surface area contributed by atoms with Crippen molar-refractivity contribution < 1.29 is 9.53 Å². The molecule has 0 aromatic heterocycles. The number of carbonyl (C=O) groups is 1. The maximum Gasteiger partial charge on any atom is 0.163 e. The van der Waals surface area contributed by atoms with Crippen LogP contribution in [0.4, 0.5) is 5.69 Å². The van der Waals surface area contributed by atoms with E-state index < -0.39 is 0 Å². The second kappa shape index (κ2) is 6.29. The Morgan fingerprint density at radius 3 is 2.75 bits per heavy atom. The summed E-state index contributed by atoms with van der Waals surface area (Å²) >= 11 is 9.24. The van der Waals surface area contributed by atoms with Crippen molar-refractivity contribution >= 4 is 39.0 Å². The highest BCUT2D eigenvalue weighted by molar-refractivity contribution is 9.10. The molecule has 0 saturated heterocycles. The van der Waals surface area contributed by atoms with Gasteiger partial charge in [0.25, 0.3) is 0 Å². The van der Waals surface area contributed by atoms with Crippen LogP contribution in [0, 0.1) is 0 Å². The molecule has 5 heteroatoms. The summed E-state index contributed by atoms with van der Waals surface area (Å²) in [5.74, 6) is 0.305. The first-order chi connectivity index (χ1) is 9.47. The molecule has 2 rings (SSSR count). The topological polar surface area (TPSA) is 52.3 Å². The number of rotatable bonds is 4. The number of anilines is 1. The Labute approximate surface area is 130 Å². The van der Waals surface area contributed by atoms with E-state index in [1.54, 1.807) is 18.2 Å². The first-order valence-corrected chi connectivity index (χ1v) is 7.11. The fourth-order valence-corrected chi connectivity index (χ4v) is 2.51. The van der Waals surface area contributed by atoms with Gasteiger partial charge < -0.3 is 10.5 Å². The second-order valence-corrected chi connectivity index (χ2v) is 5.70. The minimum atomic E-state index is -0.0981. The summed E-state index contributed by atoms with van der Waals surface area (Å²) in [6.45, 7) is 1.78. The van der Waals surface area contributed by atoms with Crippen LogP contribution in [-0.4, -0.2) is 5.78 Å². The molecule has 0 aliphatic carbocycles. The largest absolute Gasteiger partial charge is 0.486 e. The summed E-state index contributed by atoms with van der Waals surface area (Å²) in [5, 5.41) is 0.640. The van der Waals surface area contributed by atoms with Gasteiger partial charge in [-0.3, -0.25) is 4.79 Å². The van der Waals surface area contributed by atoms with Crippen molar-refractivity contribution in [3.8, 4) is 5.75 Å². The highest BCUT2D eigenvalue weighted by atomic mass is 79.9. The van der Waals surface area contributed by atoms with Crippen LogP contribution in [0.3, 0.4) is 0 Å². The lowest BCUT2D eigenvalue weighted by Gasteiger charge is -2.13. The van der Waals surface area contributed by atoms with Crippen LogP contribution < -0.4 is 10.5 Å². The summed E-state index contributed by atoms with van der Waals surface area (Å²) in [7, 11) is 0. The lowest BCUT2D eigenvalue weighted by molar-refractivity contribution is 0.101. The van der Waals surface area contributed by atoms with Gasteiger partial charge in [0.05, 0.1) is 11.3 Å². The molecule has 20 heavy (non-hydrogen) atoms. The summed E-state index contributed by atoms with van der Waals surface area (Å²) in [5.41, 5.74) is 7.71. The van der Waals surface area contributed by atoms with Gasteiger partial charge >= 0.3 is 0 Å². The molecule has 0 unspecified atom stereocenters. The van der Waals surface area contributed by atoms with Crippen LogP contribution in [0.2, 0.25) is 5.02 Å². The van der Waals surface area contributed by atoms with E-state index in [2.05, 4.69) is 15.9 Å². The van der Waals surface area contributed by atoms with Gasteiger partial charge in [-0.05, 0) is 36.8 Å². The van der Waals surface area contributed by atoms with Crippen molar-refractivity contribution in [2.24, 2.45) is 0 Å². The summed E-state index contributed by atoms with van der Waals surface area (Å²) in [6, 6.07) is 10.8. The standard InChI is InChI=1S/C15H13BrClNO2/c1-9(19)13-6-11(16)7-14(18)15(13)20-8-10-3-2-4-12(17)5-10/h2-7H,8,18H2,1H3. The van der Waals surface area contributed by atoms with E-state index in [1.165, 1.54) is 6.92 Å². The molecule has 104 valence electrons. The zero-order valence-electron chi connectivity index (χ0n) is 10.8. The number of Topliss-reactive ketones (excluding diaryl/α,β-unsaturated/α-hetero) is 1. The van der Waals surface area contributed by atoms with Crippen molar-refractivity contribution in [3.63, 3.8) is 0 Å². The van der Waals surface area contributed by atoms with Crippen molar-refractivity contribution in [1.82, 2.24) is 0 Å². The van der Waals surface area contributed by atoms with E-state index in [-0.39, 0.29) is 5.78 Å². The predicted molar refractivity (Wildman–Crippen MR) is 84.3 cm³/mol. The number of hydrogen-bond acceptors (Lipinski definition) is 3. The monoisotopic (exact) mass is 353 g/mol. The Hall–Kier alpha value is -1.52. The highest BCUT2D eigenvalue weighted by Crippen LogP contribution is 2.31. The number of ether oxygens (including phenoxy) is 1. The number of benzene rings is 2. The first kappa shape index (κ1) is 14.9. The third-order valence-electron chi connectivity index (χ3n) is 2.73. The van der Waals surface area contributed by atoms with Gasteiger partial charge in [0.2, 0.25) is 0 Å². The van der Waals surface area contributed by atoms with Gasteiger partial charge in [-0.1, -0.05) is 39.7 Å². The third kappa shape index (κ3) is 3.52. The number of halogens is 2. The molecule has 0 atom stereocenters. The molecule has 0 aliphatic rings. The van der Waals surface area contributed by atoms with E-state index in [4.69, 9.17) is 22.1 Å². The third-order valence-corrected chi connectivity index (χ3v) is 3.43. The smallest absolute Gasteiger partial charge is 0.163 e. The molecule has 0 radical (unpaired) electrons. The first-order valence-electron chi connectivity index (χ1n) is 5.94. The van der Waals surface area contributed by atoms with Gasteiger partial charge in [-0.25, -0.2) is 0 Å². The molecule has 2 aromatic rings. The molecular formula is C15H13BrClNO2. The van der Waals surface area contributed by atoms with Crippen molar-refractivity contribution in [2.75, 3.05) is 5.73 Å². The van der Waals surface area contributed by atoms with Crippen LogP contribution in [0.25, 0.3) is 0 Å². The van der Waals surface area contributed by atoms with Gasteiger partial charge in [-0.2, -0.15) is 0 Å². The number of nitrogen functional groups attached to an aromatic ring is 1. The maximum absolute atomic E-state index is 11.7. The fraction of sp³-hybridized carbons (Fsp3) is 0.133. The number of nitrogens with two attached hydrogens (primary N) is 1. The summed E-state index contributed by atoms with van der Waals surface area (Å²) in [6.07, 6.45) is 0. The number of hydrogen-bond donors (Lipinski definition) is 1.